The molecular formula is C19H24F3NO3. The molecule has 0 heterocycles. The second-order valence-corrected chi connectivity index (χ2v) is 7.36. The van der Waals surface area contributed by atoms with E-state index in [4.69, 9.17) is 4.74 Å². The maximum Gasteiger partial charge on any atom is 0.573 e. The second kappa shape index (κ2) is 7.60. The Balaban J connectivity index is 2.25. The number of carbonyl (C=O) groups is 1. The van der Waals surface area contributed by atoms with Crippen LogP contribution in [0.5, 0.6) is 5.75 Å². The molecule has 0 unspecified atom stereocenters. The van der Waals surface area contributed by atoms with E-state index in [0.29, 0.717) is 11.1 Å². The first-order chi connectivity index (χ1) is 12.0. The maximum atomic E-state index is 12.5. The Kier molecular flexibility index (Phi) is 5.88. The first kappa shape index (κ1) is 20.1. The van der Waals surface area contributed by atoms with E-state index in [1.54, 1.807) is 31.7 Å². The van der Waals surface area contributed by atoms with Crippen LogP contribution < -0.4 is 4.74 Å². The van der Waals surface area contributed by atoms with Crippen LogP contribution in [-0.2, 0) is 11.3 Å². The van der Waals surface area contributed by atoms with E-state index in [9.17, 15) is 18.0 Å². The Labute approximate surface area is 151 Å². The molecule has 1 saturated carbocycles. The minimum Gasteiger partial charge on any atom is -0.444 e. The Morgan fingerprint density at radius 2 is 1.92 bits per heavy atom. The largest absolute Gasteiger partial charge is 0.573 e. The van der Waals surface area contributed by atoms with Crippen molar-refractivity contribution >= 4 is 12.2 Å². The normalized spacial score (nSPS) is 15.2. The minimum absolute atomic E-state index is 0.0317. The first-order valence-electron chi connectivity index (χ1n) is 8.48. The molecule has 0 atom stereocenters. The smallest absolute Gasteiger partial charge is 0.444 e. The molecule has 1 amide bonds. The van der Waals surface area contributed by atoms with Gasteiger partial charge in [0.1, 0.15) is 11.4 Å². The quantitative estimate of drug-likeness (QED) is 0.684. The molecule has 26 heavy (non-hydrogen) atoms. The SMILES string of the molecule is C=Cc1cc(CN(C(=O)OC(C)(C)C)C2CCC2)cc(OC(F)(F)F)c1. The highest BCUT2D eigenvalue weighted by molar-refractivity contribution is 5.69. The Hall–Kier alpha value is -2.18. The van der Waals surface area contributed by atoms with E-state index in [-0.39, 0.29) is 18.3 Å². The number of hydrogen-bond acceptors (Lipinski definition) is 3. The lowest BCUT2D eigenvalue weighted by Crippen LogP contribution is -2.46. The highest BCUT2D eigenvalue weighted by Gasteiger charge is 2.33. The van der Waals surface area contributed by atoms with Crippen LogP contribution in [0.2, 0.25) is 0 Å². The molecule has 1 aromatic carbocycles. The number of amides is 1. The number of hydrogen-bond donors (Lipinski definition) is 0. The summed E-state index contributed by atoms with van der Waals surface area (Å²) in [4.78, 5) is 14.1. The molecule has 0 aliphatic heterocycles. The molecule has 0 N–H and O–H groups in total. The van der Waals surface area contributed by atoms with E-state index < -0.39 is 18.1 Å². The maximum absolute atomic E-state index is 12.5. The van der Waals surface area contributed by atoms with Crippen LogP contribution in [0.4, 0.5) is 18.0 Å². The van der Waals surface area contributed by atoms with Crippen molar-refractivity contribution in [2.75, 3.05) is 0 Å². The number of alkyl halides is 3. The number of benzene rings is 1. The predicted octanol–water partition coefficient (Wildman–Crippen LogP) is 5.52. The fourth-order valence-corrected chi connectivity index (χ4v) is 2.65. The molecule has 7 heteroatoms. The molecule has 0 radical (unpaired) electrons. The monoisotopic (exact) mass is 371 g/mol. The van der Waals surface area contributed by atoms with E-state index in [1.807, 2.05) is 0 Å². The Bertz CT molecular complexity index is 661. The van der Waals surface area contributed by atoms with Crippen molar-refractivity contribution in [2.45, 2.75) is 64.6 Å². The number of rotatable bonds is 5. The molecule has 1 aliphatic rings. The lowest BCUT2D eigenvalue weighted by atomic mass is 9.91. The third-order valence-electron chi connectivity index (χ3n) is 3.95. The zero-order valence-corrected chi connectivity index (χ0v) is 15.2. The van der Waals surface area contributed by atoms with Gasteiger partial charge in [0, 0.05) is 12.6 Å². The van der Waals surface area contributed by atoms with Gasteiger partial charge in [0.2, 0.25) is 0 Å². The van der Waals surface area contributed by atoms with E-state index in [1.165, 1.54) is 18.2 Å². The predicted molar refractivity (Wildman–Crippen MR) is 92.6 cm³/mol. The van der Waals surface area contributed by atoms with Crippen LogP contribution in [-0.4, -0.2) is 29.0 Å². The van der Waals surface area contributed by atoms with Gasteiger partial charge in [-0.15, -0.1) is 13.2 Å². The van der Waals surface area contributed by atoms with E-state index in [0.717, 1.165) is 19.3 Å². The summed E-state index contributed by atoms with van der Waals surface area (Å²) in [5, 5.41) is 0. The van der Waals surface area contributed by atoms with Gasteiger partial charge in [0.25, 0.3) is 0 Å². The minimum atomic E-state index is -4.78. The van der Waals surface area contributed by atoms with Crippen molar-refractivity contribution in [1.29, 1.82) is 0 Å². The zero-order valence-electron chi connectivity index (χ0n) is 15.2. The lowest BCUT2D eigenvalue weighted by Gasteiger charge is -2.38. The summed E-state index contributed by atoms with van der Waals surface area (Å²) in [6.07, 6.45) is -1.09. The molecule has 0 spiro atoms. The van der Waals surface area contributed by atoms with Crippen LogP contribution in [0, 0.1) is 0 Å². The molecule has 2 rings (SSSR count). The molecule has 144 valence electrons. The fourth-order valence-electron chi connectivity index (χ4n) is 2.65. The molecule has 4 nitrogen and oxygen atoms in total. The van der Waals surface area contributed by atoms with Crippen LogP contribution in [0.25, 0.3) is 6.08 Å². The lowest BCUT2D eigenvalue weighted by molar-refractivity contribution is -0.274. The van der Waals surface area contributed by atoms with E-state index in [2.05, 4.69) is 11.3 Å². The van der Waals surface area contributed by atoms with Crippen LogP contribution in [0.15, 0.2) is 24.8 Å². The molecule has 1 aromatic rings. The highest BCUT2D eigenvalue weighted by Crippen LogP contribution is 2.30. The van der Waals surface area contributed by atoms with Gasteiger partial charge in [-0.05, 0) is 69.4 Å². The molecular weight excluding hydrogens is 347 g/mol. The van der Waals surface area contributed by atoms with Crippen LogP contribution >= 0.6 is 0 Å². The van der Waals surface area contributed by atoms with E-state index >= 15 is 0 Å². The Morgan fingerprint density at radius 1 is 1.27 bits per heavy atom. The topological polar surface area (TPSA) is 38.8 Å². The summed E-state index contributed by atoms with van der Waals surface area (Å²) in [6.45, 7) is 9.07. The average Bonchev–Trinajstić information content (AvgIpc) is 2.40. The van der Waals surface area contributed by atoms with Crippen LogP contribution in [0.1, 0.15) is 51.2 Å². The molecule has 1 aliphatic carbocycles. The summed E-state index contributed by atoms with van der Waals surface area (Å²) in [5.41, 5.74) is 0.367. The third kappa shape index (κ3) is 5.97. The van der Waals surface area contributed by atoms with Crippen LogP contribution in [0.3, 0.4) is 0 Å². The molecule has 1 fully saturated rings. The summed E-state index contributed by atoms with van der Waals surface area (Å²) >= 11 is 0. The zero-order chi connectivity index (χ0) is 19.5. The van der Waals surface area contributed by atoms with Crippen molar-refractivity contribution in [3.05, 3.63) is 35.9 Å². The summed E-state index contributed by atoms with van der Waals surface area (Å²) in [6, 6.07) is 4.26. The van der Waals surface area contributed by atoms with Gasteiger partial charge in [0.05, 0.1) is 0 Å². The third-order valence-corrected chi connectivity index (χ3v) is 3.95. The molecule has 0 aromatic heterocycles. The van der Waals surface area contributed by atoms with Gasteiger partial charge in [0.15, 0.2) is 0 Å². The summed E-state index contributed by atoms with van der Waals surface area (Å²) < 4.78 is 47.1. The first-order valence-corrected chi connectivity index (χ1v) is 8.48. The number of ether oxygens (including phenoxy) is 2. The van der Waals surface area contributed by atoms with Gasteiger partial charge in [-0.3, -0.25) is 0 Å². The number of nitrogens with zero attached hydrogens (tertiary/aromatic N) is 1. The van der Waals surface area contributed by atoms with Crippen molar-refractivity contribution in [3.63, 3.8) is 0 Å². The van der Waals surface area contributed by atoms with Gasteiger partial charge >= 0.3 is 12.5 Å². The van der Waals surface area contributed by atoms with Gasteiger partial charge in [-0.25, -0.2) is 4.79 Å². The number of halogens is 3. The fraction of sp³-hybridized carbons (Fsp3) is 0.526. The second-order valence-electron chi connectivity index (χ2n) is 7.36. The molecule has 0 saturated heterocycles. The standard InChI is InChI=1S/C19H24F3NO3/c1-5-13-9-14(11-16(10-13)25-19(20,21)22)12-23(15-7-6-8-15)17(24)26-18(2,3)4/h5,9-11,15H,1,6-8,12H2,2-4H3. The van der Waals surface area contributed by atoms with Gasteiger partial charge < -0.3 is 14.4 Å². The number of carbonyl (C=O) groups excluding carboxylic acids is 1. The van der Waals surface area contributed by atoms with Gasteiger partial charge in [-0.2, -0.15) is 0 Å². The van der Waals surface area contributed by atoms with Gasteiger partial charge in [-0.1, -0.05) is 12.7 Å². The summed E-state index contributed by atoms with van der Waals surface area (Å²) in [7, 11) is 0. The Morgan fingerprint density at radius 3 is 2.38 bits per heavy atom. The van der Waals surface area contributed by atoms with Crippen molar-refractivity contribution in [1.82, 2.24) is 4.90 Å². The highest BCUT2D eigenvalue weighted by atomic mass is 19.4. The van der Waals surface area contributed by atoms with Crippen molar-refractivity contribution in [3.8, 4) is 5.75 Å². The average molecular weight is 371 g/mol. The molecule has 0 bridgehead atoms. The summed E-state index contributed by atoms with van der Waals surface area (Å²) in [5.74, 6) is -0.331. The van der Waals surface area contributed by atoms with Crippen molar-refractivity contribution < 1.29 is 27.4 Å². The van der Waals surface area contributed by atoms with Crippen molar-refractivity contribution in [2.24, 2.45) is 0 Å².